The van der Waals surface area contributed by atoms with Crippen LogP contribution < -0.4 is 24.8 Å². The van der Waals surface area contributed by atoms with Crippen LogP contribution in [0.15, 0.2) is 55.1 Å². The van der Waals surface area contributed by atoms with Gasteiger partial charge in [0.2, 0.25) is 5.75 Å². The molecule has 4 aromatic rings. The van der Waals surface area contributed by atoms with E-state index in [1.54, 1.807) is 18.2 Å². The number of halogens is 1. The molecule has 1 aliphatic heterocycles. The molecule has 2 fully saturated rings. The first-order valence-corrected chi connectivity index (χ1v) is 18.3. The van der Waals surface area contributed by atoms with Gasteiger partial charge in [-0.1, -0.05) is 43.7 Å². The number of hydrogen-bond donors (Lipinski definition) is 3. The topological polar surface area (TPSA) is 129 Å². The minimum Gasteiger partial charge on any atom is -0.493 e. The Bertz CT molecular complexity index is 1960. The average Bonchev–Trinajstić information content (AvgIpc) is 3.72. The molecule has 2 aliphatic rings. The van der Waals surface area contributed by atoms with Crippen molar-refractivity contribution in [2.45, 2.75) is 82.5 Å². The number of amides is 2. The fraction of sp³-hybridized carbons (Fsp3) is 0.450. The lowest BCUT2D eigenvalue weighted by Gasteiger charge is -2.36. The number of rotatable bonds is 13. The maximum Gasteiger partial charge on any atom is 0.411 e. The van der Waals surface area contributed by atoms with Gasteiger partial charge in [0.05, 0.1) is 32.5 Å². The van der Waals surface area contributed by atoms with Gasteiger partial charge in [0.1, 0.15) is 23.0 Å². The maximum atomic E-state index is 13.8. The summed E-state index contributed by atoms with van der Waals surface area (Å²) in [6, 6.07) is 12.9. The average molecular weight is 734 g/mol. The molecule has 52 heavy (non-hydrogen) atoms. The van der Waals surface area contributed by atoms with E-state index < -0.39 is 23.2 Å². The van der Waals surface area contributed by atoms with E-state index in [9.17, 15) is 9.59 Å². The Balaban J connectivity index is 1.24. The lowest BCUT2D eigenvalue weighted by atomic mass is 9.72. The fourth-order valence-corrected chi connectivity index (χ4v) is 8.30. The van der Waals surface area contributed by atoms with Gasteiger partial charge in [-0.25, -0.2) is 14.6 Å². The second-order valence-electron chi connectivity index (χ2n) is 13.9. The Labute approximate surface area is 309 Å². The van der Waals surface area contributed by atoms with E-state index in [-0.39, 0.29) is 17.7 Å². The summed E-state index contributed by atoms with van der Waals surface area (Å²) in [4.78, 5) is 42.7. The molecule has 3 aromatic carbocycles. The Morgan fingerprint density at radius 2 is 1.83 bits per heavy atom. The van der Waals surface area contributed by atoms with Gasteiger partial charge in [0.25, 0.3) is 5.91 Å². The number of nitrogens with one attached hydrogen (secondary N) is 3. The Hall–Kier alpha value is -4.45. The Kier molecular flexibility index (Phi) is 11.2. The van der Waals surface area contributed by atoms with Crippen LogP contribution in [0.3, 0.4) is 0 Å². The summed E-state index contributed by atoms with van der Waals surface area (Å²) in [7, 11) is 4.59. The monoisotopic (exact) mass is 733 g/mol. The number of aryl methyl sites for hydroxylation is 1. The molecule has 3 N–H and O–H groups in total. The number of ether oxygens (including phenoxy) is 4. The number of aromatic amines is 1. The van der Waals surface area contributed by atoms with Crippen molar-refractivity contribution in [1.29, 1.82) is 0 Å². The zero-order valence-corrected chi connectivity index (χ0v) is 31.2. The van der Waals surface area contributed by atoms with E-state index >= 15 is 0 Å². The van der Waals surface area contributed by atoms with Crippen molar-refractivity contribution in [3.8, 4) is 17.2 Å². The lowest BCUT2D eigenvalue weighted by molar-refractivity contribution is -0.361. The van der Waals surface area contributed by atoms with Crippen molar-refractivity contribution in [2.24, 2.45) is 5.92 Å². The maximum absolute atomic E-state index is 13.8. The van der Waals surface area contributed by atoms with Gasteiger partial charge in [-0.15, -0.1) is 18.2 Å². The third-order valence-electron chi connectivity index (χ3n) is 10.6. The van der Waals surface area contributed by atoms with Gasteiger partial charge in [-0.05, 0) is 74.1 Å². The van der Waals surface area contributed by atoms with Crippen LogP contribution in [0.1, 0.15) is 74.8 Å². The molecule has 1 saturated heterocycles. The van der Waals surface area contributed by atoms with Gasteiger partial charge in [-0.2, -0.15) is 0 Å². The normalized spacial score (nSPS) is 21.9. The highest BCUT2D eigenvalue weighted by Gasteiger charge is 2.54. The summed E-state index contributed by atoms with van der Waals surface area (Å²) in [6.45, 7) is 8.19. The van der Waals surface area contributed by atoms with Crippen molar-refractivity contribution in [1.82, 2.24) is 4.98 Å². The van der Waals surface area contributed by atoms with Gasteiger partial charge in [-0.3, -0.25) is 10.1 Å². The van der Waals surface area contributed by atoms with E-state index in [2.05, 4.69) is 36.0 Å². The molecule has 2 heterocycles. The molecular weight excluding hydrogens is 686 g/mol. The molecule has 12 heteroatoms. The van der Waals surface area contributed by atoms with Crippen LogP contribution in [0.25, 0.3) is 21.7 Å². The van der Waals surface area contributed by atoms with Crippen LogP contribution in [0.2, 0.25) is 0 Å². The molecule has 4 atom stereocenters. The summed E-state index contributed by atoms with van der Waals surface area (Å²) >= 11 is 6.28. The predicted molar refractivity (Wildman–Crippen MR) is 203 cm³/mol. The van der Waals surface area contributed by atoms with E-state index in [1.165, 1.54) is 21.3 Å². The molecule has 0 bridgehead atoms. The highest BCUT2D eigenvalue weighted by molar-refractivity contribution is 6.18. The van der Waals surface area contributed by atoms with E-state index in [0.717, 1.165) is 54.9 Å². The first-order valence-electron chi connectivity index (χ1n) is 17.8. The van der Waals surface area contributed by atoms with E-state index in [4.69, 9.17) is 40.3 Å². The number of anilines is 2. The van der Waals surface area contributed by atoms with Gasteiger partial charge >= 0.3 is 6.09 Å². The largest absolute Gasteiger partial charge is 0.493 e. The number of hydrogen-bond acceptors (Lipinski definition) is 8. The summed E-state index contributed by atoms with van der Waals surface area (Å²) in [5, 5.41) is 8.38. The molecule has 1 aromatic heterocycles. The smallest absolute Gasteiger partial charge is 0.411 e. The molecule has 1 aliphatic carbocycles. The second-order valence-corrected chi connectivity index (χ2v) is 14.3. The van der Waals surface area contributed by atoms with Crippen LogP contribution in [-0.2, 0) is 20.9 Å². The molecule has 1 spiro atoms. The van der Waals surface area contributed by atoms with Crippen molar-refractivity contribution >= 4 is 56.7 Å². The molecule has 6 rings (SSSR count). The minimum atomic E-state index is -0.583. The van der Waals surface area contributed by atoms with E-state index in [1.807, 2.05) is 30.3 Å². The standard InChI is InChI=1S/C40H48ClN3O8/c1-7-12-25(8-2)39(3)23-40(52-51-39)17-11-13-26(22-40)50-38(46)44-31-21-30(29(16-18-41)27-14-9-10-15-28(27)31)43-37(45)32-19-24-20-33(47-4)35(48-5)36(49-6)34(24)42-32/h7,9-10,14-15,19-21,25-26,42H,1,8,11-13,16-18,22-23H2,2-6H3,(H,43,45)(H,44,46)/t25?,26?,39-,40+/m0/s1. The zero-order chi connectivity index (χ0) is 37.0. The highest BCUT2D eigenvalue weighted by atomic mass is 35.5. The van der Waals surface area contributed by atoms with Gasteiger partial charge in [0.15, 0.2) is 11.5 Å². The van der Waals surface area contributed by atoms with Gasteiger partial charge in [0, 0.05) is 35.2 Å². The molecule has 0 radical (unpaired) electrons. The van der Waals surface area contributed by atoms with E-state index in [0.29, 0.717) is 58.2 Å². The molecular formula is C40H48ClN3O8. The Morgan fingerprint density at radius 3 is 2.52 bits per heavy atom. The van der Waals surface area contributed by atoms with Crippen LogP contribution in [-0.4, -0.2) is 61.5 Å². The number of aromatic nitrogens is 1. The molecule has 11 nitrogen and oxygen atoms in total. The van der Waals surface area contributed by atoms with Crippen molar-refractivity contribution in [3.05, 3.63) is 66.4 Å². The third-order valence-corrected chi connectivity index (χ3v) is 10.8. The van der Waals surface area contributed by atoms with Crippen molar-refractivity contribution in [2.75, 3.05) is 37.8 Å². The second kappa shape index (κ2) is 15.7. The van der Waals surface area contributed by atoms with Crippen LogP contribution in [0, 0.1) is 5.92 Å². The number of benzene rings is 3. The number of H-pyrrole nitrogens is 1. The number of allylic oxidation sites excluding steroid dienone is 1. The Morgan fingerprint density at radius 1 is 1.06 bits per heavy atom. The fourth-order valence-electron chi connectivity index (χ4n) is 8.11. The molecule has 2 amide bonds. The number of carbonyl (C=O) groups is 2. The summed E-state index contributed by atoms with van der Waals surface area (Å²) < 4.78 is 22.7. The quantitative estimate of drug-likeness (QED) is 0.0705. The zero-order valence-electron chi connectivity index (χ0n) is 30.5. The first-order chi connectivity index (χ1) is 25.1. The van der Waals surface area contributed by atoms with Gasteiger partial charge < -0.3 is 29.2 Å². The van der Waals surface area contributed by atoms with Crippen LogP contribution in [0.4, 0.5) is 16.2 Å². The van der Waals surface area contributed by atoms with Crippen LogP contribution in [0.5, 0.6) is 17.2 Å². The summed E-state index contributed by atoms with van der Waals surface area (Å²) in [5.41, 5.74) is 1.78. The number of fused-ring (bicyclic) bond motifs is 2. The van der Waals surface area contributed by atoms with Crippen LogP contribution >= 0.6 is 11.6 Å². The predicted octanol–water partition coefficient (Wildman–Crippen LogP) is 9.32. The first kappa shape index (κ1) is 37.3. The van der Waals surface area contributed by atoms with Crippen molar-refractivity contribution in [3.63, 3.8) is 0 Å². The highest BCUT2D eigenvalue weighted by Crippen LogP contribution is 2.50. The SMILES string of the molecule is C=CCC(CC)[C@]1(C)C[C@]2(CCCC(OC(=O)Nc3cc(NC(=O)c4cc5cc(OC)c(OC)c(OC)c5[nH]4)c(CCCl)c4ccccc34)C2)OO1. The molecule has 278 valence electrons. The summed E-state index contributed by atoms with van der Waals surface area (Å²) in [5.74, 6) is 1.51. The lowest BCUT2D eigenvalue weighted by Crippen LogP contribution is -2.42. The number of carbonyl (C=O) groups excluding carboxylic acids is 2. The molecule has 1 saturated carbocycles. The molecule has 2 unspecified atom stereocenters. The van der Waals surface area contributed by atoms with Crippen molar-refractivity contribution < 1.29 is 38.3 Å². The summed E-state index contributed by atoms with van der Waals surface area (Å²) in [6.07, 6.45) is 6.96. The number of methoxy groups -OCH3 is 3. The third kappa shape index (κ3) is 7.27. The number of alkyl halides is 1. The minimum absolute atomic E-state index is 0.282.